The Bertz CT molecular complexity index is 618. The van der Waals surface area contributed by atoms with Crippen molar-refractivity contribution in [1.29, 1.82) is 0 Å². The summed E-state index contributed by atoms with van der Waals surface area (Å²) in [4.78, 5) is 18.5. The second-order valence-electron chi connectivity index (χ2n) is 4.83. The fraction of sp³-hybridized carbons (Fsp3) is 0.400. The van der Waals surface area contributed by atoms with Crippen LogP contribution in [0.4, 0.5) is 5.69 Å². The van der Waals surface area contributed by atoms with E-state index >= 15 is 0 Å². The van der Waals surface area contributed by atoms with Crippen LogP contribution >= 0.6 is 0 Å². The summed E-state index contributed by atoms with van der Waals surface area (Å²) >= 11 is 0. The van der Waals surface area contributed by atoms with Gasteiger partial charge in [-0.15, -0.1) is 0 Å². The van der Waals surface area contributed by atoms with E-state index in [2.05, 4.69) is 10.1 Å². The van der Waals surface area contributed by atoms with Crippen LogP contribution in [0.5, 0.6) is 0 Å². The molecule has 0 aliphatic heterocycles. The molecule has 20 heavy (non-hydrogen) atoms. The van der Waals surface area contributed by atoms with E-state index in [1.807, 2.05) is 45.9 Å². The molecule has 2 rings (SSSR count). The molecule has 0 atom stereocenters. The van der Waals surface area contributed by atoms with Crippen LogP contribution in [0.25, 0.3) is 0 Å². The number of nitrogens with zero attached hydrogens (tertiary/aromatic N) is 4. The smallest absolute Gasteiger partial charge is 0.248 e. The molecule has 0 aliphatic rings. The summed E-state index contributed by atoms with van der Waals surface area (Å²) in [6.45, 7) is 8.63. The van der Waals surface area contributed by atoms with E-state index in [4.69, 9.17) is 0 Å². The summed E-state index contributed by atoms with van der Waals surface area (Å²) in [5.41, 5.74) is 3.64. The lowest BCUT2D eigenvalue weighted by Gasteiger charge is -2.22. The predicted molar refractivity (Wildman–Crippen MR) is 78.7 cm³/mol. The Morgan fingerprint density at radius 1 is 1.35 bits per heavy atom. The number of aryl methyl sites for hydroxylation is 3. The van der Waals surface area contributed by atoms with Gasteiger partial charge in [-0.2, -0.15) is 5.10 Å². The van der Waals surface area contributed by atoms with Crippen molar-refractivity contribution in [3.05, 3.63) is 41.5 Å². The van der Waals surface area contributed by atoms with Gasteiger partial charge in [-0.25, -0.2) is 0 Å². The van der Waals surface area contributed by atoms with Crippen LogP contribution in [0.1, 0.15) is 24.0 Å². The molecule has 0 N–H and O–H groups in total. The van der Waals surface area contributed by atoms with E-state index < -0.39 is 0 Å². The first kappa shape index (κ1) is 14.2. The number of rotatable bonds is 4. The third kappa shape index (κ3) is 2.87. The van der Waals surface area contributed by atoms with Crippen LogP contribution in [0.15, 0.2) is 24.4 Å². The van der Waals surface area contributed by atoms with E-state index in [0.717, 1.165) is 22.8 Å². The lowest BCUT2D eigenvalue weighted by Crippen LogP contribution is -2.34. The zero-order valence-corrected chi connectivity index (χ0v) is 12.4. The molecule has 0 fully saturated rings. The highest BCUT2D eigenvalue weighted by molar-refractivity contribution is 5.93. The highest BCUT2D eigenvalue weighted by Crippen LogP contribution is 2.17. The largest absolute Gasteiger partial charge is 0.309 e. The summed E-state index contributed by atoms with van der Waals surface area (Å²) < 4.78 is 1.74. The molecule has 1 amide bonds. The maximum Gasteiger partial charge on any atom is 0.248 e. The maximum atomic E-state index is 12.5. The van der Waals surface area contributed by atoms with Crippen molar-refractivity contribution >= 4 is 11.6 Å². The first-order valence-corrected chi connectivity index (χ1v) is 6.76. The van der Waals surface area contributed by atoms with Crippen molar-refractivity contribution in [2.75, 3.05) is 11.4 Å². The first-order valence-electron chi connectivity index (χ1n) is 6.76. The molecular formula is C15H20N4O. The molecule has 5 nitrogen and oxygen atoms in total. The highest BCUT2D eigenvalue weighted by atomic mass is 16.2. The van der Waals surface area contributed by atoms with Crippen LogP contribution in [-0.4, -0.2) is 27.2 Å². The zero-order chi connectivity index (χ0) is 14.7. The minimum atomic E-state index is 0.0230. The van der Waals surface area contributed by atoms with Crippen molar-refractivity contribution in [2.45, 2.75) is 34.2 Å². The third-order valence-electron chi connectivity index (χ3n) is 3.28. The van der Waals surface area contributed by atoms with E-state index in [0.29, 0.717) is 6.54 Å². The van der Waals surface area contributed by atoms with Crippen molar-refractivity contribution in [3.63, 3.8) is 0 Å². The minimum absolute atomic E-state index is 0.0230. The van der Waals surface area contributed by atoms with Crippen LogP contribution in [0, 0.1) is 20.8 Å². The van der Waals surface area contributed by atoms with Crippen LogP contribution < -0.4 is 4.90 Å². The molecule has 2 heterocycles. The molecule has 0 saturated heterocycles. The Hall–Kier alpha value is -2.17. The van der Waals surface area contributed by atoms with Gasteiger partial charge in [-0.3, -0.25) is 14.5 Å². The van der Waals surface area contributed by atoms with Crippen LogP contribution in [0.3, 0.4) is 0 Å². The molecule has 106 valence electrons. The number of carbonyl (C=O) groups is 1. The van der Waals surface area contributed by atoms with Gasteiger partial charge in [0.1, 0.15) is 6.54 Å². The SMILES string of the molecule is CCN(C(=O)Cn1nc(C)cc1C)c1cccnc1C. The molecule has 5 heteroatoms. The number of aromatic nitrogens is 3. The van der Waals surface area contributed by atoms with Crippen molar-refractivity contribution < 1.29 is 4.79 Å². The molecule has 0 aliphatic carbocycles. The van der Waals surface area contributed by atoms with Gasteiger partial charge in [0.2, 0.25) is 5.91 Å². The average molecular weight is 272 g/mol. The van der Waals surface area contributed by atoms with Gasteiger partial charge in [-0.05, 0) is 45.9 Å². The van der Waals surface area contributed by atoms with Crippen molar-refractivity contribution in [2.24, 2.45) is 0 Å². The lowest BCUT2D eigenvalue weighted by molar-refractivity contribution is -0.119. The number of anilines is 1. The maximum absolute atomic E-state index is 12.5. The summed E-state index contributed by atoms with van der Waals surface area (Å²) in [7, 11) is 0. The Balaban J connectivity index is 2.22. The number of likely N-dealkylation sites (N-methyl/N-ethyl adjacent to an activating group) is 1. The molecule has 2 aromatic heterocycles. The number of pyridine rings is 1. The standard InChI is InChI=1S/C15H20N4O/c1-5-18(14-7-6-8-16-13(14)4)15(20)10-19-12(3)9-11(2)17-19/h6-9H,5,10H2,1-4H3. The molecule has 0 bridgehead atoms. The number of amides is 1. The second-order valence-corrected chi connectivity index (χ2v) is 4.83. The van der Waals surface area contributed by atoms with E-state index in [-0.39, 0.29) is 12.5 Å². The first-order chi connectivity index (χ1) is 9.52. The number of hydrogen-bond acceptors (Lipinski definition) is 3. The van der Waals surface area contributed by atoms with Gasteiger partial charge in [0.05, 0.1) is 17.1 Å². The molecule has 0 radical (unpaired) electrons. The van der Waals surface area contributed by atoms with Gasteiger partial charge in [0.15, 0.2) is 0 Å². The summed E-state index contributed by atoms with van der Waals surface area (Å²) in [5, 5.41) is 4.34. The lowest BCUT2D eigenvalue weighted by atomic mass is 10.2. The molecule has 0 aromatic carbocycles. The normalized spacial score (nSPS) is 10.6. The highest BCUT2D eigenvalue weighted by Gasteiger charge is 2.17. The third-order valence-corrected chi connectivity index (χ3v) is 3.28. The Labute approximate surface area is 119 Å². The Morgan fingerprint density at radius 2 is 2.10 bits per heavy atom. The molecule has 2 aromatic rings. The van der Waals surface area contributed by atoms with Gasteiger partial charge in [0.25, 0.3) is 0 Å². The fourth-order valence-electron chi connectivity index (χ4n) is 2.29. The second kappa shape index (κ2) is 5.86. The van der Waals surface area contributed by atoms with E-state index in [1.54, 1.807) is 15.8 Å². The molecular weight excluding hydrogens is 252 g/mol. The number of carbonyl (C=O) groups excluding carboxylic acids is 1. The quantitative estimate of drug-likeness (QED) is 0.857. The van der Waals surface area contributed by atoms with Gasteiger partial charge in [-0.1, -0.05) is 0 Å². The monoisotopic (exact) mass is 272 g/mol. The van der Waals surface area contributed by atoms with Crippen LogP contribution in [-0.2, 0) is 11.3 Å². The fourth-order valence-corrected chi connectivity index (χ4v) is 2.29. The molecule has 0 saturated carbocycles. The van der Waals surface area contributed by atoms with Gasteiger partial charge < -0.3 is 4.90 Å². The topological polar surface area (TPSA) is 51.0 Å². The van der Waals surface area contributed by atoms with Crippen molar-refractivity contribution in [1.82, 2.24) is 14.8 Å². The predicted octanol–water partition coefficient (Wildman–Crippen LogP) is 2.26. The van der Waals surface area contributed by atoms with E-state index in [1.165, 1.54) is 0 Å². The van der Waals surface area contributed by atoms with E-state index in [9.17, 15) is 4.79 Å². The summed E-state index contributed by atoms with van der Waals surface area (Å²) in [6, 6.07) is 5.74. The van der Waals surface area contributed by atoms with Crippen molar-refractivity contribution in [3.8, 4) is 0 Å². The summed E-state index contributed by atoms with van der Waals surface area (Å²) in [5.74, 6) is 0.0230. The zero-order valence-electron chi connectivity index (χ0n) is 12.4. The van der Waals surface area contributed by atoms with Crippen LogP contribution in [0.2, 0.25) is 0 Å². The average Bonchev–Trinajstić information content (AvgIpc) is 2.71. The Kier molecular flexibility index (Phi) is 4.17. The minimum Gasteiger partial charge on any atom is -0.309 e. The molecule has 0 spiro atoms. The Morgan fingerprint density at radius 3 is 2.65 bits per heavy atom. The molecule has 0 unspecified atom stereocenters. The number of hydrogen-bond donors (Lipinski definition) is 0. The van der Waals surface area contributed by atoms with Gasteiger partial charge >= 0.3 is 0 Å². The van der Waals surface area contributed by atoms with Gasteiger partial charge in [0, 0.05) is 18.4 Å². The summed E-state index contributed by atoms with van der Waals surface area (Å²) in [6.07, 6.45) is 1.73.